The third kappa shape index (κ3) is 2.13. The SMILES string of the molecule is O=C(O)CN1C[C@H](c2ccccc2)NC1=O. The van der Waals surface area contributed by atoms with E-state index >= 15 is 0 Å². The summed E-state index contributed by atoms with van der Waals surface area (Å²) in [5, 5.41) is 11.4. The number of carbonyl (C=O) groups excluding carboxylic acids is 1. The fourth-order valence-electron chi connectivity index (χ4n) is 1.76. The van der Waals surface area contributed by atoms with Gasteiger partial charge in [-0.25, -0.2) is 4.79 Å². The highest BCUT2D eigenvalue weighted by Crippen LogP contribution is 2.19. The summed E-state index contributed by atoms with van der Waals surface area (Å²) >= 11 is 0. The van der Waals surface area contributed by atoms with Crippen molar-refractivity contribution in [3.05, 3.63) is 35.9 Å². The van der Waals surface area contributed by atoms with E-state index in [9.17, 15) is 9.59 Å². The molecular weight excluding hydrogens is 208 g/mol. The highest BCUT2D eigenvalue weighted by molar-refractivity contribution is 5.82. The Morgan fingerprint density at radius 3 is 2.75 bits per heavy atom. The van der Waals surface area contributed by atoms with E-state index in [0.29, 0.717) is 6.54 Å². The average molecular weight is 220 g/mol. The minimum Gasteiger partial charge on any atom is -0.480 e. The first kappa shape index (κ1) is 10.5. The van der Waals surface area contributed by atoms with E-state index in [1.807, 2.05) is 30.3 Å². The van der Waals surface area contributed by atoms with E-state index in [4.69, 9.17) is 5.11 Å². The van der Waals surface area contributed by atoms with Gasteiger partial charge in [0, 0.05) is 6.54 Å². The Kier molecular flexibility index (Phi) is 2.76. The number of carbonyl (C=O) groups is 2. The zero-order valence-corrected chi connectivity index (χ0v) is 8.59. The summed E-state index contributed by atoms with van der Waals surface area (Å²) in [5.41, 5.74) is 0.990. The maximum Gasteiger partial charge on any atom is 0.323 e. The molecule has 1 fully saturated rings. The third-order valence-electron chi connectivity index (χ3n) is 2.52. The lowest BCUT2D eigenvalue weighted by molar-refractivity contribution is -0.137. The predicted octanol–water partition coefficient (Wildman–Crippen LogP) is 0.838. The minimum atomic E-state index is -0.996. The molecule has 0 bridgehead atoms. The highest BCUT2D eigenvalue weighted by atomic mass is 16.4. The smallest absolute Gasteiger partial charge is 0.323 e. The number of nitrogens with zero attached hydrogens (tertiary/aromatic N) is 1. The number of aliphatic carboxylic acids is 1. The van der Waals surface area contributed by atoms with Crippen LogP contribution in [0.25, 0.3) is 0 Å². The monoisotopic (exact) mass is 220 g/mol. The Bertz CT molecular complexity index is 405. The zero-order chi connectivity index (χ0) is 11.5. The molecular formula is C11H12N2O3. The molecule has 0 unspecified atom stereocenters. The maximum absolute atomic E-state index is 11.4. The van der Waals surface area contributed by atoms with Crippen molar-refractivity contribution < 1.29 is 14.7 Å². The van der Waals surface area contributed by atoms with Crippen LogP contribution in [-0.4, -0.2) is 35.1 Å². The molecule has 2 N–H and O–H groups in total. The summed E-state index contributed by atoms with van der Waals surface area (Å²) in [6.45, 7) is 0.143. The van der Waals surface area contributed by atoms with Crippen LogP contribution in [0.5, 0.6) is 0 Å². The zero-order valence-electron chi connectivity index (χ0n) is 8.59. The van der Waals surface area contributed by atoms with Crippen molar-refractivity contribution in [3.63, 3.8) is 0 Å². The minimum absolute atomic E-state index is 0.118. The molecule has 0 aromatic heterocycles. The van der Waals surface area contributed by atoms with Gasteiger partial charge in [0.15, 0.2) is 0 Å². The molecule has 5 heteroatoms. The normalized spacial score (nSPS) is 19.6. The van der Waals surface area contributed by atoms with Crippen molar-refractivity contribution in [2.24, 2.45) is 0 Å². The molecule has 0 aliphatic carbocycles. The molecule has 1 heterocycles. The van der Waals surface area contributed by atoms with E-state index in [1.54, 1.807) is 0 Å². The molecule has 0 saturated carbocycles. The van der Waals surface area contributed by atoms with Gasteiger partial charge in [0.2, 0.25) is 0 Å². The van der Waals surface area contributed by atoms with Gasteiger partial charge in [0.05, 0.1) is 6.04 Å². The van der Waals surface area contributed by atoms with Gasteiger partial charge in [-0.15, -0.1) is 0 Å². The van der Waals surface area contributed by atoms with E-state index < -0.39 is 5.97 Å². The van der Waals surface area contributed by atoms with Gasteiger partial charge in [-0.05, 0) is 5.56 Å². The van der Waals surface area contributed by atoms with E-state index in [0.717, 1.165) is 5.56 Å². The first-order valence-corrected chi connectivity index (χ1v) is 4.99. The number of amides is 2. The van der Waals surface area contributed by atoms with E-state index in [1.165, 1.54) is 4.90 Å². The van der Waals surface area contributed by atoms with Crippen molar-refractivity contribution in [3.8, 4) is 0 Å². The average Bonchev–Trinajstić information content (AvgIpc) is 2.61. The van der Waals surface area contributed by atoms with Gasteiger partial charge in [0.1, 0.15) is 6.54 Å². The van der Waals surface area contributed by atoms with Crippen LogP contribution in [0.15, 0.2) is 30.3 Å². The number of rotatable bonds is 3. The molecule has 0 radical (unpaired) electrons. The van der Waals surface area contributed by atoms with Crippen LogP contribution in [0.3, 0.4) is 0 Å². The number of carboxylic acid groups (broad SMARTS) is 1. The van der Waals surface area contributed by atoms with Gasteiger partial charge in [-0.2, -0.15) is 0 Å². The summed E-state index contributed by atoms with van der Waals surface area (Å²) in [7, 11) is 0. The molecule has 0 spiro atoms. The first-order valence-electron chi connectivity index (χ1n) is 4.99. The van der Waals surface area contributed by atoms with Crippen LogP contribution in [0, 0.1) is 0 Å². The van der Waals surface area contributed by atoms with Crippen molar-refractivity contribution >= 4 is 12.0 Å². The summed E-state index contributed by atoms with van der Waals surface area (Å²) in [5.74, 6) is -0.996. The predicted molar refractivity (Wildman–Crippen MR) is 56.9 cm³/mol. The van der Waals surface area contributed by atoms with Crippen LogP contribution in [0.4, 0.5) is 4.79 Å². The van der Waals surface area contributed by atoms with Gasteiger partial charge < -0.3 is 15.3 Å². The number of hydrogen-bond donors (Lipinski definition) is 2. The molecule has 1 atom stereocenters. The van der Waals surface area contributed by atoms with Crippen LogP contribution < -0.4 is 5.32 Å². The van der Waals surface area contributed by atoms with Crippen molar-refractivity contribution in [1.29, 1.82) is 0 Å². The molecule has 1 aliphatic rings. The second kappa shape index (κ2) is 4.22. The standard InChI is InChI=1S/C11H12N2O3/c14-10(15)7-13-6-9(12-11(13)16)8-4-2-1-3-5-8/h1-5,9H,6-7H2,(H,12,16)(H,14,15)/t9-/m1/s1. The molecule has 84 valence electrons. The quantitative estimate of drug-likeness (QED) is 0.793. The Balaban J connectivity index is 2.07. The fourth-order valence-corrected chi connectivity index (χ4v) is 1.76. The second-order valence-electron chi connectivity index (χ2n) is 3.69. The van der Waals surface area contributed by atoms with E-state index in [-0.39, 0.29) is 18.6 Å². The van der Waals surface area contributed by atoms with Gasteiger partial charge in [-0.1, -0.05) is 30.3 Å². The Morgan fingerprint density at radius 1 is 1.44 bits per heavy atom. The maximum atomic E-state index is 11.4. The Hall–Kier alpha value is -2.04. The van der Waals surface area contributed by atoms with Gasteiger partial charge in [0.25, 0.3) is 0 Å². The summed E-state index contributed by atoms with van der Waals surface area (Å²) in [4.78, 5) is 23.3. The van der Waals surface area contributed by atoms with Crippen molar-refractivity contribution in [2.75, 3.05) is 13.1 Å². The molecule has 16 heavy (non-hydrogen) atoms. The molecule has 5 nitrogen and oxygen atoms in total. The van der Waals surface area contributed by atoms with Crippen molar-refractivity contribution in [1.82, 2.24) is 10.2 Å². The van der Waals surface area contributed by atoms with Crippen LogP contribution in [0.2, 0.25) is 0 Å². The third-order valence-corrected chi connectivity index (χ3v) is 2.52. The number of urea groups is 1. The van der Waals surface area contributed by atoms with E-state index in [2.05, 4.69) is 5.32 Å². The molecule has 1 aromatic rings. The summed E-state index contributed by atoms with van der Waals surface area (Å²) in [6.07, 6.45) is 0. The lowest BCUT2D eigenvalue weighted by Crippen LogP contribution is -2.32. The lowest BCUT2D eigenvalue weighted by Gasteiger charge is -2.11. The topological polar surface area (TPSA) is 69.6 Å². The fraction of sp³-hybridized carbons (Fsp3) is 0.273. The first-order chi connectivity index (χ1) is 7.66. The number of hydrogen-bond acceptors (Lipinski definition) is 2. The highest BCUT2D eigenvalue weighted by Gasteiger charge is 2.30. The number of benzene rings is 1. The summed E-state index contributed by atoms with van der Waals surface area (Å²) in [6, 6.07) is 9.06. The molecule has 1 saturated heterocycles. The lowest BCUT2D eigenvalue weighted by atomic mass is 10.1. The number of carboxylic acids is 1. The molecule has 1 aromatic carbocycles. The molecule has 1 aliphatic heterocycles. The molecule has 2 rings (SSSR count). The van der Waals surface area contributed by atoms with Crippen LogP contribution in [0.1, 0.15) is 11.6 Å². The Labute approximate surface area is 92.7 Å². The van der Waals surface area contributed by atoms with Crippen LogP contribution in [-0.2, 0) is 4.79 Å². The van der Waals surface area contributed by atoms with Crippen molar-refractivity contribution in [2.45, 2.75) is 6.04 Å². The number of nitrogens with one attached hydrogen (secondary N) is 1. The second-order valence-corrected chi connectivity index (χ2v) is 3.69. The largest absolute Gasteiger partial charge is 0.480 e. The molecule has 2 amide bonds. The van der Waals surface area contributed by atoms with Gasteiger partial charge in [-0.3, -0.25) is 4.79 Å². The summed E-state index contributed by atoms with van der Waals surface area (Å²) < 4.78 is 0. The van der Waals surface area contributed by atoms with Gasteiger partial charge >= 0.3 is 12.0 Å². The van der Waals surface area contributed by atoms with Crippen LogP contribution >= 0.6 is 0 Å². The Morgan fingerprint density at radius 2 is 2.12 bits per heavy atom.